The van der Waals surface area contributed by atoms with Crippen LogP contribution in [0.5, 0.6) is 0 Å². The van der Waals surface area contributed by atoms with Crippen LogP contribution in [0.15, 0.2) is 47.4 Å². The van der Waals surface area contributed by atoms with Gasteiger partial charge in [-0.3, -0.25) is 0 Å². The summed E-state index contributed by atoms with van der Waals surface area (Å²) < 4.78 is 27.2. The third-order valence-corrected chi connectivity index (χ3v) is 4.22. The quantitative estimate of drug-likeness (QED) is 0.896. The first-order valence-electron chi connectivity index (χ1n) is 6.06. The first kappa shape index (κ1) is 14.0. The molecule has 0 amide bonds. The van der Waals surface area contributed by atoms with Crippen LogP contribution in [-0.2, 0) is 10.0 Å². The zero-order valence-electron chi connectivity index (χ0n) is 11.1. The molecule has 0 aliphatic heterocycles. The Morgan fingerprint density at radius 1 is 1.11 bits per heavy atom. The Morgan fingerprint density at radius 3 is 2.42 bits per heavy atom. The van der Waals surface area contributed by atoms with Crippen LogP contribution in [0.2, 0.25) is 0 Å². The minimum atomic E-state index is -3.55. The number of nitrogens with one attached hydrogen (secondary N) is 1. The van der Waals surface area contributed by atoms with Crippen molar-refractivity contribution < 1.29 is 8.42 Å². The van der Waals surface area contributed by atoms with Gasteiger partial charge in [-0.2, -0.15) is 0 Å². The van der Waals surface area contributed by atoms with Crippen molar-refractivity contribution in [2.75, 3.05) is 6.54 Å². The van der Waals surface area contributed by atoms with Gasteiger partial charge in [-0.05, 0) is 25.3 Å². The van der Waals surface area contributed by atoms with Crippen molar-refractivity contribution in [3.63, 3.8) is 0 Å². The summed E-state index contributed by atoms with van der Waals surface area (Å²) in [5.74, 6) is 0. The molecule has 102 valence electrons. The monoisotopic (exact) mass is 278 g/mol. The standard InChI is InChI=1S/C14H18N2O2S/c1-14(2,15)10-16-19(17,18)13-9-5-7-11-6-3-4-8-12(11)13/h3-9,16H,10,15H2,1-2H3. The van der Waals surface area contributed by atoms with Crippen LogP contribution >= 0.6 is 0 Å². The topological polar surface area (TPSA) is 72.2 Å². The van der Waals surface area contributed by atoms with Gasteiger partial charge in [0, 0.05) is 17.5 Å². The SMILES string of the molecule is CC(C)(N)CNS(=O)(=O)c1cccc2ccccc12. The molecule has 0 radical (unpaired) electrons. The lowest BCUT2D eigenvalue weighted by Gasteiger charge is -2.19. The van der Waals surface area contributed by atoms with Crippen LogP contribution in [0, 0.1) is 0 Å². The number of hydrogen-bond acceptors (Lipinski definition) is 3. The van der Waals surface area contributed by atoms with Gasteiger partial charge in [0.15, 0.2) is 0 Å². The molecule has 0 bridgehead atoms. The number of rotatable bonds is 4. The molecular formula is C14H18N2O2S. The maximum Gasteiger partial charge on any atom is 0.241 e. The van der Waals surface area contributed by atoms with Gasteiger partial charge in [0.25, 0.3) is 0 Å². The fourth-order valence-corrected chi connectivity index (χ4v) is 3.24. The van der Waals surface area contributed by atoms with E-state index in [1.54, 1.807) is 32.0 Å². The summed E-state index contributed by atoms with van der Waals surface area (Å²) in [5.41, 5.74) is 5.22. The van der Waals surface area contributed by atoms with Gasteiger partial charge < -0.3 is 5.73 Å². The molecule has 2 aromatic carbocycles. The maximum atomic E-state index is 12.3. The summed E-state index contributed by atoms with van der Waals surface area (Å²) in [4.78, 5) is 0.287. The highest BCUT2D eigenvalue weighted by atomic mass is 32.2. The molecule has 5 heteroatoms. The maximum absolute atomic E-state index is 12.3. The van der Waals surface area contributed by atoms with E-state index in [9.17, 15) is 8.42 Å². The van der Waals surface area contributed by atoms with Crippen LogP contribution in [0.1, 0.15) is 13.8 Å². The Balaban J connectivity index is 2.44. The average molecular weight is 278 g/mol. The molecule has 0 aromatic heterocycles. The van der Waals surface area contributed by atoms with E-state index in [2.05, 4.69) is 4.72 Å². The predicted molar refractivity (Wildman–Crippen MR) is 77.4 cm³/mol. The molecule has 3 N–H and O–H groups in total. The smallest absolute Gasteiger partial charge is 0.241 e. The number of nitrogens with two attached hydrogens (primary N) is 1. The lowest BCUT2D eigenvalue weighted by molar-refractivity contribution is 0.498. The van der Waals surface area contributed by atoms with E-state index < -0.39 is 15.6 Å². The summed E-state index contributed by atoms with van der Waals surface area (Å²) in [7, 11) is -3.55. The van der Waals surface area contributed by atoms with E-state index in [0.717, 1.165) is 5.39 Å². The molecule has 0 atom stereocenters. The molecule has 19 heavy (non-hydrogen) atoms. The third-order valence-electron chi connectivity index (χ3n) is 2.76. The molecule has 0 heterocycles. The highest BCUT2D eigenvalue weighted by Gasteiger charge is 2.20. The van der Waals surface area contributed by atoms with Gasteiger partial charge in [-0.1, -0.05) is 36.4 Å². The van der Waals surface area contributed by atoms with Crippen molar-refractivity contribution in [1.82, 2.24) is 4.72 Å². The molecule has 0 aliphatic carbocycles. The van der Waals surface area contributed by atoms with Gasteiger partial charge in [-0.15, -0.1) is 0 Å². The van der Waals surface area contributed by atoms with Crippen molar-refractivity contribution >= 4 is 20.8 Å². The van der Waals surface area contributed by atoms with Gasteiger partial charge in [0.2, 0.25) is 10.0 Å². The zero-order valence-corrected chi connectivity index (χ0v) is 11.9. The van der Waals surface area contributed by atoms with Crippen LogP contribution in [0.25, 0.3) is 10.8 Å². The number of hydrogen-bond donors (Lipinski definition) is 2. The lowest BCUT2D eigenvalue weighted by Crippen LogP contribution is -2.45. The summed E-state index contributed by atoms with van der Waals surface area (Å²) in [5, 5.41) is 1.62. The minimum absolute atomic E-state index is 0.193. The Morgan fingerprint density at radius 2 is 1.74 bits per heavy atom. The lowest BCUT2D eigenvalue weighted by atomic mass is 10.1. The predicted octanol–water partition coefficient (Wildman–Crippen LogP) is 1.86. The fourth-order valence-electron chi connectivity index (χ4n) is 1.79. The second-order valence-electron chi connectivity index (χ2n) is 5.29. The van der Waals surface area contributed by atoms with Crippen molar-refractivity contribution in [3.8, 4) is 0 Å². The van der Waals surface area contributed by atoms with Gasteiger partial charge in [0.05, 0.1) is 4.90 Å². The normalized spacial score (nSPS) is 12.8. The first-order chi connectivity index (χ1) is 8.80. The Hall–Kier alpha value is -1.43. The molecule has 0 spiro atoms. The van der Waals surface area contributed by atoms with Crippen LogP contribution in [-0.4, -0.2) is 20.5 Å². The number of benzene rings is 2. The molecule has 0 fully saturated rings. The third kappa shape index (κ3) is 3.32. The van der Waals surface area contributed by atoms with Crippen LogP contribution in [0.4, 0.5) is 0 Å². The van der Waals surface area contributed by atoms with E-state index in [4.69, 9.17) is 5.73 Å². The summed E-state index contributed by atoms with van der Waals surface area (Å²) in [6.07, 6.45) is 0. The molecule has 0 aliphatic rings. The van der Waals surface area contributed by atoms with Crippen molar-refractivity contribution in [2.24, 2.45) is 5.73 Å². The van der Waals surface area contributed by atoms with E-state index in [0.29, 0.717) is 5.39 Å². The molecule has 2 aromatic rings. The molecule has 0 saturated carbocycles. The average Bonchev–Trinajstić information content (AvgIpc) is 2.35. The van der Waals surface area contributed by atoms with E-state index >= 15 is 0 Å². The number of sulfonamides is 1. The Kier molecular flexibility index (Phi) is 3.62. The van der Waals surface area contributed by atoms with Crippen molar-refractivity contribution in [3.05, 3.63) is 42.5 Å². The molecular weight excluding hydrogens is 260 g/mol. The minimum Gasteiger partial charge on any atom is -0.324 e. The second kappa shape index (κ2) is 4.92. The van der Waals surface area contributed by atoms with E-state index in [-0.39, 0.29) is 11.4 Å². The molecule has 4 nitrogen and oxygen atoms in total. The Labute approximate surface area is 113 Å². The van der Waals surface area contributed by atoms with Gasteiger partial charge >= 0.3 is 0 Å². The summed E-state index contributed by atoms with van der Waals surface area (Å²) >= 11 is 0. The van der Waals surface area contributed by atoms with Crippen molar-refractivity contribution in [1.29, 1.82) is 0 Å². The van der Waals surface area contributed by atoms with Crippen LogP contribution < -0.4 is 10.5 Å². The highest BCUT2D eigenvalue weighted by Crippen LogP contribution is 2.22. The summed E-state index contributed by atoms with van der Waals surface area (Å²) in [6.45, 7) is 3.75. The Bertz CT molecular complexity index is 683. The van der Waals surface area contributed by atoms with E-state index in [1.807, 2.05) is 24.3 Å². The van der Waals surface area contributed by atoms with Gasteiger partial charge in [-0.25, -0.2) is 13.1 Å². The largest absolute Gasteiger partial charge is 0.324 e. The molecule has 2 rings (SSSR count). The number of fused-ring (bicyclic) bond motifs is 1. The van der Waals surface area contributed by atoms with Crippen molar-refractivity contribution in [2.45, 2.75) is 24.3 Å². The highest BCUT2D eigenvalue weighted by molar-refractivity contribution is 7.89. The summed E-state index contributed by atoms with van der Waals surface area (Å²) in [6, 6.07) is 12.6. The molecule has 0 saturated heterocycles. The fraction of sp³-hybridized carbons (Fsp3) is 0.286. The second-order valence-corrected chi connectivity index (χ2v) is 7.03. The van der Waals surface area contributed by atoms with Crippen LogP contribution in [0.3, 0.4) is 0 Å². The van der Waals surface area contributed by atoms with Gasteiger partial charge in [0.1, 0.15) is 0 Å². The molecule has 0 unspecified atom stereocenters. The van der Waals surface area contributed by atoms with E-state index in [1.165, 1.54) is 0 Å². The zero-order chi connectivity index (χ0) is 14.1. The first-order valence-corrected chi connectivity index (χ1v) is 7.54.